The highest BCUT2D eigenvalue weighted by Crippen LogP contribution is 2.10. The van der Waals surface area contributed by atoms with Crippen molar-refractivity contribution in [3.8, 4) is 0 Å². The Labute approximate surface area is 113 Å². The molecule has 6 heteroatoms. The zero-order valence-corrected chi connectivity index (χ0v) is 12.1. The van der Waals surface area contributed by atoms with Crippen LogP contribution in [-0.2, 0) is 6.54 Å². The van der Waals surface area contributed by atoms with Gasteiger partial charge in [-0.15, -0.1) is 0 Å². The molecule has 2 rings (SSSR count). The van der Waals surface area contributed by atoms with Gasteiger partial charge in [-0.05, 0) is 26.0 Å². The SMILES string of the molecule is Cc1ccc(CN(C)C2=NC(C)N=C(N(C)C)N2)o1. The van der Waals surface area contributed by atoms with E-state index in [1.807, 2.05) is 56.9 Å². The predicted octanol–water partition coefficient (Wildman–Crippen LogP) is 1.24. The van der Waals surface area contributed by atoms with Crippen LogP contribution in [0.4, 0.5) is 0 Å². The van der Waals surface area contributed by atoms with Crippen LogP contribution in [-0.4, -0.2) is 49.0 Å². The Balaban J connectivity index is 2.05. The van der Waals surface area contributed by atoms with E-state index in [9.17, 15) is 0 Å². The molecular weight excluding hydrogens is 242 g/mol. The summed E-state index contributed by atoms with van der Waals surface area (Å²) in [6.45, 7) is 4.58. The third kappa shape index (κ3) is 3.27. The molecule has 0 radical (unpaired) electrons. The van der Waals surface area contributed by atoms with Gasteiger partial charge in [-0.3, -0.25) is 5.32 Å². The Kier molecular flexibility index (Phi) is 3.78. The summed E-state index contributed by atoms with van der Waals surface area (Å²) in [5.74, 6) is 3.47. The van der Waals surface area contributed by atoms with Gasteiger partial charge in [-0.25, -0.2) is 9.98 Å². The average Bonchev–Trinajstić information content (AvgIpc) is 2.73. The molecule has 0 aromatic carbocycles. The summed E-state index contributed by atoms with van der Waals surface area (Å²) in [6, 6.07) is 3.95. The van der Waals surface area contributed by atoms with Crippen molar-refractivity contribution < 1.29 is 4.42 Å². The van der Waals surface area contributed by atoms with Crippen molar-refractivity contribution in [3.63, 3.8) is 0 Å². The summed E-state index contributed by atoms with van der Waals surface area (Å²) in [6.07, 6.45) is -0.0746. The topological polar surface area (TPSA) is 56.4 Å². The van der Waals surface area contributed by atoms with Gasteiger partial charge < -0.3 is 14.2 Å². The van der Waals surface area contributed by atoms with E-state index >= 15 is 0 Å². The Morgan fingerprint density at radius 1 is 1.21 bits per heavy atom. The monoisotopic (exact) mass is 263 g/mol. The third-order valence-electron chi connectivity index (χ3n) is 2.82. The van der Waals surface area contributed by atoms with Crippen LogP contribution in [0.2, 0.25) is 0 Å². The fraction of sp³-hybridized carbons (Fsp3) is 0.538. The maximum atomic E-state index is 5.58. The second-order valence-corrected chi connectivity index (χ2v) is 4.93. The van der Waals surface area contributed by atoms with E-state index in [1.54, 1.807) is 0 Å². The molecule has 0 saturated carbocycles. The minimum atomic E-state index is -0.0746. The summed E-state index contributed by atoms with van der Waals surface area (Å²) >= 11 is 0. The van der Waals surface area contributed by atoms with E-state index in [2.05, 4.69) is 15.3 Å². The van der Waals surface area contributed by atoms with Gasteiger partial charge in [0.15, 0.2) is 0 Å². The average molecular weight is 263 g/mol. The first-order valence-electron chi connectivity index (χ1n) is 6.32. The van der Waals surface area contributed by atoms with E-state index in [4.69, 9.17) is 4.42 Å². The molecule has 2 heterocycles. The first-order valence-corrected chi connectivity index (χ1v) is 6.32. The van der Waals surface area contributed by atoms with Gasteiger partial charge in [-0.1, -0.05) is 0 Å². The van der Waals surface area contributed by atoms with E-state index in [0.29, 0.717) is 6.54 Å². The summed E-state index contributed by atoms with van der Waals surface area (Å²) in [5.41, 5.74) is 0. The number of nitrogens with one attached hydrogen (secondary N) is 1. The molecule has 1 atom stereocenters. The van der Waals surface area contributed by atoms with Gasteiger partial charge in [-0.2, -0.15) is 0 Å². The number of guanidine groups is 2. The molecular formula is C13H21N5O. The molecule has 1 aliphatic rings. The number of hydrogen-bond donors (Lipinski definition) is 1. The largest absolute Gasteiger partial charge is 0.464 e. The van der Waals surface area contributed by atoms with Gasteiger partial charge in [0.2, 0.25) is 11.9 Å². The van der Waals surface area contributed by atoms with Crippen LogP contribution in [0.15, 0.2) is 26.5 Å². The molecule has 1 aromatic heterocycles. The lowest BCUT2D eigenvalue weighted by Gasteiger charge is -2.28. The van der Waals surface area contributed by atoms with Gasteiger partial charge in [0.05, 0.1) is 6.54 Å². The normalized spacial score (nSPS) is 18.5. The van der Waals surface area contributed by atoms with Crippen molar-refractivity contribution >= 4 is 11.9 Å². The fourth-order valence-corrected chi connectivity index (χ4v) is 1.85. The number of aliphatic imine (C=N–C) groups is 2. The maximum absolute atomic E-state index is 5.58. The van der Waals surface area contributed by atoms with E-state index in [-0.39, 0.29) is 6.17 Å². The molecule has 0 fully saturated rings. The Bertz CT molecular complexity index is 503. The Morgan fingerprint density at radius 2 is 1.89 bits per heavy atom. The number of rotatable bonds is 2. The van der Waals surface area contributed by atoms with Crippen molar-refractivity contribution in [3.05, 3.63) is 23.7 Å². The number of nitrogens with zero attached hydrogens (tertiary/aromatic N) is 4. The Hall–Kier alpha value is -1.98. The van der Waals surface area contributed by atoms with Crippen LogP contribution < -0.4 is 5.32 Å². The fourth-order valence-electron chi connectivity index (χ4n) is 1.85. The van der Waals surface area contributed by atoms with E-state index < -0.39 is 0 Å². The molecule has 6 nitrogen and oxygen atoms in total. The first kappa shape index (κ1) is 13.5. The van der Waals surface area contributed by atoms with Gasteiger partial charge >= 0.3 is 0 Å². The zero-order chi connectivity index (χ0) is 14.0. The molecule has 0 saturated heterocycles. The first-order chi connectivity index (χ1) is 8.95. The summed E-state index contributed by atoms with van der Waals surface area (Å²) in [5, 5.41) is 3.22. The predicted molar refractivity (Wildman–Crippen MR) is 76.1 cm³/mol. The van der Waals surface area contributed by atoms with Crippen molar-refractivity contribution in [2.75, 3.05) is 21.1 Å². The highest BCUT2D eigenvalue weighted by molar-refractivity contribution is 5.99. The van der Waals surface area contributed by atoms with E-state index in [1.165, 1.54) is 0 Å². The third-order valence-corrected chi connectivity index (χ3v) is 2.82. The van der Waals surface area contributed by atoms with Crippen molar-refractivity contribution in [1.29, 1.82) is 0 Å². The number of furan rings is 1. The highest BCUT2D eigenvalue weighted by Gasteiger charge is 2.18. The molecule has 0 amide bonds. The summed E-state index contributed by atoms with van der Waals surface area (Å²) < 4.78 is 5.58. The summed E-state index contributed by atoms with van der Waals surface area (Å²) in [7, 11) is 5.89. The molecule has 1 unspecified atom stereocenters. The number of aryl methyl sites for hydroxylation is 1. The maximum Gasteiger partial charge on any atom is 0.203 e. The van der Waals surface area contributed by atoms with Crippen LogP contribution in [0.25, 0.3) is 0 Å². The second-order valence-electron chi connectivity index (χ2n) is 4.93. The molecule has 1 aliphatic heterocycles. The summed E-state index contributed by atoms with van der Waals surface area (Å²) in [4.78, 5) is 12.9. The number of hydrogen-bond acceptors (Lipinski definition) is 6. The molecule has 0 aliphatic carbocycles. The smallest absolute Gasteiger partial charge is 0.203 e. The molecule has 1 N–H and O–H groups in total. The minimum absolute atomic E-state index is 0.0746. The molecule has 1 aromatic rings. The standard InChI is InChI=1S/C13H21N5O/c1-9-6-7-11(19-9)8-18(5)13-15-10(2)14-12(16-13)17(3)4/h6-7,10H,8H2,1-5H3,(H,14,15,16). The zero-order valence-electron chi connectivity index (χ0n) is 12.1. The van der Waals surface area contributed by atoms with Crippen molar-refractivity contribution in [2.45, 2.75) is 26.6 Å². The Morgan fingerprint density at radius 3 is 2.47 bits per heavy atom. The van der Waals surface area contributed by atoms with Gasteiger partial charge in [0.1, 0.15) is 17.7 Å². The quantitative estimate of drug-likeness (QED) is 0.872. The van der Waals surface area contributed by atoms with Crippen LogP contribution in [0.1, 0.15) is 18.4 Å². The van der Waals surface area contributed by atoms with Crippen LogP contribution in [0, 0.1) is 6.92 Å². The second kappa shape index (κ2) is 5.34. The lowest BCUT2D eigenvalue weighted by Crippen LogP contribution is -2.49. The van der Waals surface area contributed by atoms with E-state index in [0.717, 1.165) is 23.4 Å². The van der Waals surface area contributed by atoms with Crippen molar-refractivity contribution in [1.82, 2.24) is 15.1 Å². The van der Waals surface area contributed by atoms with Crippen LogP contribution >= 0.6 is 0 Å². The lowest BCUT2D eigenvalue weighted by atomic mass is 10.4. The lowest BCUT2D eigenvalue weighted by molar-refractivity contribution is 0.390. The molecule has 104 valence electrons. The van der Waals surface area contributed by atoms with Gasteiger partial charge in [0, 0.05) is 21.1 Å². The molecule has 0 bridgehead atoms. The van der Waals surface area contributed by atoms with Crippen LogP contribution in [0.5, 0.6) is 0 Å². The minimum Gasteiger partial charge on any atom is -0.464 e. The molecule has 0 spiro atoms. The molecule has 19 heavy (non-hydrogen) atoms. The van der Waals surface area contributed by atoms with Gasteiger partial charge in [0.25, 0.3) is 0 Å². The van der Waals surface area contributed by atoms with Crippen molar-refractivity contribution in [2.24, 2.45) is 9.98 Å². The van der Waals surface area contributed by atoms with Crippen LogP contribution in [0.3, 0.4) is 0 Å². The highest BCUT2D eigenvalue weighted by atomic mass is 16.3.